The summed E-state index contributed by atoms with van der Waals surface area (Å²) < 4.78 is 0. The van der Waals surface area contributed by atoms with Gasteiger partial charge in [0.2, 0.25) is 5.91 Å². The first-order valence-corrected chi connectivity index (χ1v) is 9.27. The minimum Gasteiger partial charge on any atom is -0.478 e. The molecule has 1 aliphatic carbocycles. The third-order valence-electron chi connectivity index (χ3n) is 5.75. The van der Waals surface area contributed by atoms with Gasteiger partial charge in [-0.3, -0.25) is 9.59 Å². The maximum atomic E-state index is 12.8. The van der Waals surface area contributed by atoms with Crippen molar-refractivity contribution in [2.45, 2.75) is 52.0 Å². The summed E-state index contributed by atoms with van der Waals surface area (Å²) >= 11 is 0. The van der Waals surface area contributed by atoms with Crippen molar-refractivity contribution < 1.29 is 19.5 Å². The fourth-order valence-electron chi connectivity index (χ4n) is 4.45. The van der Waals surface area contributed by atoms with Crippen molar-refractivity contribution in [2.75, 3.05) is 20.1 Å². The highest BCUT2D eigenvalue weighted by Crippen LogP contribution is 2.30. The van der Waals surface area contributed by atoms with Gasteiger partial charge in [-0.1, -0.05) is 12.8 Å². The molecule has 2 amide bonds. The van der Waals surface area contributed by atoms with Gasteiger partial charge in [-0.05, 0) is 32.3 Å². The lowest BCUT2D eigenvalue weighted by molar-refractivity contribution is -0.129. The molecule has 1 atom stereocenters. The van der Waals surface area contributed by atoms with Gasteiger partial charge in [0, 0.05) is 44.2 Å². The molecule has 1 saturated heterocycles. The number of aryl methyl sites for hydroxylation is 1. The lowest BCUT2D eigenvalue weighted by Gasteiger charge is -2.25. The minimum atomic E-state index is -1.04. The molecule has 26 heavy (non-hydrogen) atoms. The molecule has 1 aliphatic heterocycles. The summed E-state index contributed by atoms with van der Waals surface area (Å²) in [4.78, 5) is 42.9. The van der Waals surface area contributed by atoms with E-state index in [1.165, 1.54) is 12.8 Å². The molecule has 2 aliphatic rings. The van der Waals surface area contributed by atoms with E-state index in [4.69, 9.17) is 0 Å². The van der Waals surface area contributed by atoms with Crippen LogP contribution in [0.2, 0.25) is 0 Å². The number of hydrogen-bond acceptors (Lipinski definition) is 3. The number of carbonyl (C=O) groups excluding carboxylic acids is 2. The van der Waals surface area contributed by atoms with E-state index in [2.05, 4.69) is 4.98 Å². The van der Waals surface area contributed by atoms with Crippen LogP contribution in [0, 0.1) is 19.8 Å². The molecule has 142 valence electrons. The molecule has 3 rings (SSSR count). The number of aromatic carboxylic acids is 1. The number of carbonyl (C=O) groups is 3. The number of likely N-dealkylation sites (tertiary alicyclic amines) is 1. The van der Waals surface area contributed by atoms with Gasteiger partial charge >= 0.3 is 5.97 Å². The van der Waals surface area contributed by atoms with Crippen LogP contribution in [0.4, 0.5) is 0 Å². The van der Waals surface area contributed by atoms with Gasteiger partial charge in [0.05, 0.1) is 5.56 Å². The van der Waals surface area contributed by atoms with E-state index in [9.17, 15) is 19.5 Å². The van der Waals surface area contributed by atoms with Gasteiger partial charge in [-0.25, -0.2) is 4.79 Å². The Morgan fingerprint density at radius 3 is 2.50 bits per heavy atom. The monoisotopic (exact) mass is 361 g/mol. The number of hydrogen-bond donors (Lipinski definition) is 2. The van der Waals surface area contributed by atoms with Gasteiger partial charge < -0.3 is 19.9 Å². The largest absolute Gasteiger partial charge is 0.478 e. The third kappa shape index (κ3) is 3.34. The van der Waals surface area contributed by atoms with Crippen molar-refractivity contribution in [1.29, 1.82) is 0 Å². The number of rotatable bonds is 5. The van der Waals surface area contributed by atoms with Crippen molar-refractivity contribution in [2.24, 2.45) is 5.92 Å². The number of nitrogens with zero attached hydrogens (tertiary/aromatic N) is 2. The Hall–Kier alpha value is -2.31. The minimum absolute atomic E-state index is 0.132. The zero-order chi connectivity index (χ0) is 19.0. The molecule has 7 heteroatoms. The highest BCUT2D eigenvalue weighted by atomic mass is 16.4. The summed E-state index contributed by atoms with van der Waals surface area (Å²) in [5.74, 6) is -0.938. The Labute approximate surface area is 153 Å². The normalized spacial score (nSPS) is 20.8. The van der Waals surface area contributed by atoms with E-state index in [1.54, 1.807) is 25.8 Å². The van der Waals surface area contributed by atoms with E-state index in [1.807, 2.05) is 4.90 Å². The predicted molar refractivity (Wildman–Crippen MR) is 96.3 cm³/mol. The molecule has 0 bridgehead atoms. The van der Waals surface area contributed by atoms with E-state index >= 15 is 0 Å². The number of carboxylic acid groups (broad SMARTS) is 1. The van der Waals surface area contributed by atoms with Crippen molar-refractivity contribution in [3.8, 4) is 0 Å². The van der Waals surface area contributed by atoms with Gasteiger partial charge in [0.1, 0.15) is 5.69 Å². The fourth-order valence-corrected chi connectivity index (χ4v) is 4.45. The molecule has 1 saturated carbocycles. The second kappa shape index (κ2) is 7.13. The standard InChI is InChI=1S/C19H27N3O4/c1-11-16(19(25)26)12(2)20-17(11)18(24)21(3)9-13-8-15(23)22(10-13)14-6-4-5-7-14/h13-14,20H,4-10H2,1-3H3,(H,25,26)/t13-/m1/s1. The number of nitrogens with one attached hydrogen (secondary N) is 1. The van der Waals surface area contributed by atoms with Gasteiger partial charge in [-0.2, -0.15) is 0 Å². The molecule has 0 unspecified atom stereocenters. The van der Waals surface area contributed by atoms with Crippen LogP contribution in [0.3, 0.4) is 0 Å². The summed E-state index contributed by atoms with van der Waals surface area (Å²) in [6.07, 6.45) is 5.04. The summed E-state index contributed by atoms with van der Waals surface area (Å²) in [6.45, 7) is 4.51. The molecule has 0 radical (unpaired) electrons. The number of carboxylic acids is 1. The number of H-pyrrole nitrogens is 1. The van der Waals surface area contributed by atoms with Crippen LogP contribution in [0.1, 0.15) is 64.2 Å². The predicted octanol–water partition coefficient (Wildman–Crippen LogP) is 2.19. The van der Waals surface area contributed by atoms with Crippen LogP contribution in [0.5, 0.6) is 0 Å². The molecule has 0 aromatic carbocycles. The maximum Gasteiger partial charge on any atom is 0.337 e. The van der Waals surface area contributed by atoms with Crippen LogP contribution in [-0.4, -0.2) is 63.9 Å². The first-order valence-electron chi connectivity index (χ1n) is 9.27. The maximum absolute atomic E-state index is 12.8. The number of aromatic nitrogens is 1. The molecule has 2 heterocycles. The summed E-state index contributed by atoms with van der Waals surface area (Å²) in [5, 5.41) is 9.28. The van der Waals surface area contributed by atoms with Crippen molar-refractivity contribution in [3.63, 3.8) is 0 Å². The summed E-state index contributed by atoms with van der Waals surface area (Å²) in [6, 6.07) is 0.375. The smallest absolute Gasteiger partial charge is 0.337 e. The van der Waals surface area contributed by atoms with Crippen LogP contribution >= 0.6 is 0 Å². The van der Waals surface area contributed by atoms with E-state index in [0.29, 0.717) is 42.5 Å². The van der Waals surface area contributed by atoms with E-state index in [-0.39, 0.29) is 23.3 Å². The first kappa shape index (κ1) is 18.5. The Balaban J connectivity index is 1.66. The van der Waals surface area contributed by atoms with E-state index in [0.717, 1.165) is 12.8 Å². The lowest BCUT2D eigenvalue weighted by Crippen LogP contribution is -2.36. The molecule has 1 aromatic heterocycles. The van der Waals surface area contributed by atoms with Gasteiger partial charge in [0.15, 0.2) is 0 Å². The number of amides is 2. The summed E-state index contributed by atoms with van der Waals surface area (Å²) in [5.41, 5.74) is 1.42. The molecular weight excluding hydrogens is 334 g/mol. The van der Waals surface area contributed by atoms with Gasteiger partial charge in [-0.15, -0.1) is 0 Å². The van der Waals surface area contributed by atoms with Crippen LogP contribution in [0.25, 0.3) is 0 Å². The van der Waals surface area contributed by atoms with Crippen LogP contribution < -0.4 is 0 Å². The highest BCUT2D eigenvalue weighted by molar-refractivity contribution is 5.99. The Bertz CT molecular complexity index is 733. The Kier molecular flexibility index (Phi) is 5.07. The number of aromatic amines is 1. The van der Waals surface area contributed by atoms with Crippen molar-refractivity contribution in [1.82, 2.24) is 14.8 Å². The molecule has 2 fully saturated rings. The Morgan fingerprint density at radius 2 is 1.92 bits per heavy atom. The van der Waals surface area contributed by atoms with E-state index < -0.39 is 5.97 Å². The average molecular weight is 361 g/mol. The zero-order valence-corrected chi connectivity index (χ0v) is 15.7. The first-order chi connectivity index (χ1) is 12.3. The fraction of sp³-hybridized carbons (Fsp3) is 0.632. The van der Waals surface area contributed by atoms with Crippen molar-refractivity contribution >= 4 is 17.8 Å². The SMILES string of the molecule is Cc1[nH]c(C(=O)N(C)C[C@H]2CC(=O)N(C3CCCC3)C2)c(C)c1C(=O)O. The average Bonchev–Trinajstić information content (AvgIpc) is 3.26. The third-order valence-corrected chi connectivity index (χ3v) is 5.75. The molecule has 1 aromatic rings. The van der Waals surface area contributed by atoms with Gasteiger partial charge in [0.25, 0.3) is 5.91 Å². The molecule has 7 nitrogen and oxygen atoms in total. The quantitative estimate of drug-likeness (QED) is 0.841. The Morgan fingerprint density at radius 1 is 1.27 bits per heavy atom. The second-order valence-electron chi connectivity index (χ2n) is 7.67. The zero-order valence-electron chi connectivity index (χ0n) is 15.7. The highest BCUT2D eigenvalue weighted by Gasteiger charge is 2.36. The van der Waals surface area contributed by atoms with Crippen LogP contribution in [-0.2, 0) is 4.79 Å². The topological polar surface area (TPSA) is 93.7 Å². The molecule has 2 N–H and O–H groups in total. The van der Waals surface area contributed by atoms with Crippen LogP contribution in [0.15, 0.2) is 0 Å². The second-order valence-corrected chi connectivity index (χ2v) is 7.67. The molecular formula is C19H27N3O4. The molecule has 0 spiro atoms. The lowest BCUT2D eigenvalue weighted by atomic mass is 10.1. The van der Waals surface area contributed by atoms with Crippen molar-refractivity contribution in [3.05, 3.63) is 22.5 Å². The summed E-state index contributed by atoms with van der Waals surface area (Å²) in [7, 11) is 1.71.